The van der Waals surface area contributed by atoms with Gasteiger partial charge in [-0.25, -0.2) is 0 Å². The largest absolute Gasteiger partial charge is 0.529 e. The summed E-state index contributed by atoms with van der Waals surface area (Å²) in [7, 11) is 0. The van der Waals surface area contributed by atoms with Gasteiger partial charge in [0, 0.05) is 24.2 Å². The molecule has 0 spiro atoms. The van der Waals surface area contributed by atoms with Gasteiger partial charge in [0.1, 0.15) is 6.09 Å². The molecule has 2 heterocycles. The summed E-state index contributed by atoms with van der Waals surface area (Å²) in [6, 6.07) is 13.2. The van der Waals surface area contributed by atoms with Crippen molar-refractivity contribution in [1.29, 1.82) is 0 Å². The number of carboxylic acid groups (broad SMARTS) is 1. The van der Waals surface area contributed by atoms with E-state index in [0.29, 0.717) is 15.7 Å². The number of hydrogen-bond donors (Lipinski definition) is 0. The third-order valence-electron chi connectivity index (χ3n) is 3.74. The quantitative estimate of drug-likeness (QED) is 0.726. The number of carbonyl (C=O) groups is 1. The van der Waals surface area contributed by atoms with Crippen molar-refractivity contribution in [2.24, 2.45) is 0 Å². The minimum atomic E-state index is -1.53. The maximum Gasteiger partial charge on any atom is 0.259 e. The molecule has 0 amide bonds. The molecule has 0 bridgehead atoms. The van der Waals surface area contributed by atoms with Crippen LogP contribution in [-0.2, 0) is 0 Å². The summed E-state index contributed by atoms with van der Waals surface area (Å²) in [5.74, 6) is 0. The summed E-state index contributed by atoms with van der Waals surface area (Å²) in [5.41, 5.74) is 3.43. The van der Waals surface area contributed by atoms with Crippen molar-refractivity contribution < 1.29 is 9.90 Å². The smallest absolute Gasteiger partial charge is 0.259 e. The number of pyridine rings is 2. The molecule has 1 aromatic carbocycles. The Balaban J connectivity index is 2.02. The van der Waals surface area contributed by atoms with Gasteiger partial charge in [0.15, 0.2) is 0 Å². The molecule has 0 aliphatic carbocycles. The van der Waals surface area contributed by atoms with Crippen LogP contribution in [0.3, 0.4) is 0 Å². The lowest BCUT2D eigenvalue weighted by molar-refractivity contribution is -0.250. The van der Waals surface area contributed by atoms with E-state index in [1.54, 1.807) is 25.4 Å². The molecule has 0 saturated carbocycles. The highest BCUT2D eigenvalue weighted by Gasteiger charge is 2.08. The number of carbonyl (C=O) groups excluding carboxylic acids is 1. The number of aromatic nitrogens is 2. The molecule has 0 aliphatic heterocycles. The summed E-state index contributed by atoms with van der Waals surface area (Å²) < 4.78 is 0.574. The topological polar surface area (TPSA) is 75.0 Å². The van der Waals surface area contributed by atoms with Crippen molar-refractivity contribution in [2.75, 3.05) is 0 Å². The lowest BCUT2D eigenvalue weighted by Gasteiger charge is -2.11. The molecule has 0 fully saturated rings. The molecular formula is C18H13N2O3-. The minimum absolute atomic E-state index is 0.369. The molecule has 3 aromatic rings. The fourth-order valence-electron chi connectivity index (χ4n) is 2.48. The molecule has 0 saturated heterocycles. The fraction of sp³-hybridized carbons (Fsp3) is 0.0556. The van der Waals surface area contributed by atoms with Gasteiger partial charge in [0.25, 0.3) is 5.56 Å². The average Bonchev–Trinajstić information content (AvgIpc) is 2.58. The average molecular weight is 305 g/mol. The predicted molar refractivity (Wildman–Crippen MR) is 84.9 cm³/mol. The lowest BCUT2D eigenvalue weighted by Crippen LogP contribution is -2.37. The monoisotopic (exact) mass is 305 g/mol. The molecule has 0 radical (unpaired) electrons. The van der Waals surface area contributed by atoms with E-state index in [2.05, 4.69) is 4.98 Å². The molecule has 2 aromatic heterocycles. The van der Waals surface area contributed by atoms with E-state index in [-0.39, 0.29) is 0 Å². The second-order valence-corrected chi connectivity index (χ2v) is 5.11. The second-order valence-electron chi connectivity index (χ2n) is 5.11. The molecule has 0 unspecified atom stereocenters. The van der Waals surface area contributed by atoms with Gasteiger partial charge in [0.05, 0.1) is 0 Å². The zero-order chi connectivity index (χ0) is 16.4. The SMILES string of the molecule is Cc1c(-c2ccc(-c3ccncc3)cc2)ccn(C(=O)[O-])c1=O. The Morgan fingerprint density at radius 1 is 0.957 bits per heavy atom. The molecule has 23 heavy (non-hydrogen) atoms. The Hall–Kier alpha value is -3.21. The van der Waals surface area contributed by atoms with E-state index >= 15 is 0 Å². The standard InChI is InChI=1S/C18H14N2O3/c1-12-16(8-11-20(17(12)21)18(22)23)15-4-2-13(3-5-15)14-6-9-19-10-7-14/h2-11H,1H3,(H,22,23)/p-1. The summed E-state index contributed by atoms with van der Waals surface area (Å²) in [6.07, 6.45) is 3.15. The normalized spacial score (nSPS) is 10.5. The Bertz CT molecular complexity index is 913. The van der Waals surface area contributed by atoms with Crippen molar-refractivity contribution in [3.63, 3.8) is 0 Å². The van der Waals surface area contributed by atoms with Crippen molar-refractivity contribution in [3.05, 3.63) is 77.0 Å². The first-order valence-electron chi connectivity index (χ1n) is 7.02. The lowest BCUT2D eigenvalue weighted by atomic mass is 9.99. The van der Waals surface area contributed by atoms with Gasteiger partial charge < -0.3 is 9.90 Å². The number of benzene rings is 1. The third kappa shape index (κ3) is 2.76. The summed E-state index contributed by atoms with van der Waals surface area (Å²) in [5, 5.41) is 10.9. The summed E-state index contributed by atoms with van der Waals surface area (Å²) in [6.45, 7) is 1.61. The van der Waals surface area contributed by atoms with E-state index in [4.69, 9.17) is 0 Å². The van der Waals surface area contributed by atoms with Crippen LogP contribution in [-0.4, -0.2) is 15.6 Å². The maximum absolute atomic E-state index is 12.0. The number of hydrogen-bond acceptors (Lipinski definition) is 4. The Kier molecular flexibility index (Phi) is 3.76. The first-order valence-corrected chi connectivity index (χ1v) is 7.02. The van der Waals surface area contributed by atoms with Crippen LogP contribution in [0.2, 0.25) is 0 Å². The van der Waals surface area contributed by atoms with Gasteiger partial charge >= 0.3 is 0 Å². The maximum atomic E-state index is 12.0. The van der Waals surface area contributed by atoms with Crippen LogP contribution in [0.1, 0.15) is 5.56 Å². The van der Waals surface area contributed by atoms with Gasteiger partial charge in [-0.1, -0.05) is 24.3 Å². The van der Waals surface area contributed by atoms with E-state index < -0.39 is 11.7 Å². The highest BCUT2D eigenvalue weighted by molar-refractivity contribution is 5.73. The minimum Gasteiger partial charge on any atom is -0.529 e. The first kappa shape index (κ1) is 14.7. The summed E-state index contributed by atoms with van der Waals surface area (Å²) >= 11 is 0. The van der Waals surface area contributed by atoms with Crippen LogP contribution in [0.4, 0.5) is 4.79 Å². The van der Waals surface area contributed by atoms with E-state index in [1.807, 2.05) is 36.4 Å². The molecule has 3 rings (SSSR count). The fourth-order valence-corrected chi connectivity index (χ4v) is 2.48. The van der Waals surface area contributed by atoms with Crippen LogP contribution in [0, 0.1) is 6.92 Å². The van der Waals surface area contributed by atoms with Gasteiger partial charge in [-0.3, -0.25) is 14.3 Å². The summed E-state index contributed by atoms with van der Waals surface area (Å²) in [4.78, 5) is 26.9. The third-order valence-corrected chi connectivity index (χ3v) is 3.74. The Labute approximate surface area is 132 Å². The highest BCUT2D eigenvalue weighted by atomic mass is 16.4. The molecule has 0 N–H and O–H groups in total. The zero-order valence-electron chi connectivity index (χ0n) is 12.4. The van der Waals surface area contributed by atoms with Gasteiger partial charge in [-0.15, -0.1) is 0 Å². The van der Waals surface area contributed by atoms with Gasteiger partial charge in [-0.2, -0.15) is 0 Å². The highest BCUT2D eigenvalue weighted by Crippen LogP contribution is 2.25. The van der Waals surface area contributed by atoms with E-state index in [1.165, 1.54) is 6.20 Å². The number of nitrogens with zero attached hydrogens (tertiary/aromatic N) is 2. The molecule has 0 aliphatic rings. The zero-order valence-corrected chi connectivity index (χ0v) is 12.4. The van der Waals surface area contributed by atoms with E-state index in [9.17, 15) is 14.7 Å². The van der Waals surface area contributed by atoms with Crippen molar-refractivity contribution >= 4 is 6.09 Å². The molecule has 0 atom stereocenters. The Morgan fingerprint density at radius 3 is 2.13 bits per heavy atom. The van der Waals surface area contributed by atoms with Crippen LogP contribution in [0.15, 0.2) is 65.8 Å². The Morgan fingerprint density at radius 2 is 1.52 bits per heavy atom. The van der Waals surface area contributed by atoms with Crippen molar-refractivity contribution in [2.45, 2.75) is 6.92 Å². The van der Waals surface area contributed by atoms with Gasteiger partial charge in [-0.05, 0) is 47.4 Å². The number of rotatable bonds is 2. The van der Waals surface area contributed by atoms with Crippen LogP contribution < -0.4 is 10.7 Å². The van der Waals surface area contributed by atoms with Crippen LogP contribution >= 0.6 is 0 Å². The molecule has 5 nitrogen and oxygen atoms in total. The van der Waals surface area contributed by atoms with Crippen molar-refractivity contribution in [3.8, 4) is 22.3 Å². The molecular weight excluding hydrogens is 292 g/mol. The van der Waals surface area contributed by atoms with Crippen LogP contribution in [0.25, 0.3) is 22.3 Å². The van der Waals surface area contributed by atoms with Crippen molar-refractivity contribution in [1.82, 2.24) is 9.55 Å². The van der Waals surface area contributed by atoms with Gasteiger partial charge in [0.2, 0.25) is 0 Å². The first-order chi connectivity index (χ1) is 11.1. The van der Waals surface area contributed by atoms with Crippen LogP contribution in [0.5, 0.6) is 0 Å². The second kappa shape index (κ2) is 5.88. The molecule has 114 valence electrons. The van der Waals surface area contributed by atoms with E-state index in [0.717, 1.165) is 16.7 Å². The predicted octanol–water partition coefficient (Wildman–Crippen LogP) is 2.08. The molecule has 5 heteroatoms.